The first-order valence-corrected chi connectivity index (χ1v) is 10.7. The maximum Gasteiger partial charge on any atom is 0.191 e. The third-order valence-corrected chi connectivity index (χ3v) is 6.41. The van der Waals surface area contributed by atoms with Crippen LogP contribution in [0.5, 0.6) is 0 Å². The van der Waals surface area contributed by atoms with Crippen LogP contribution in [0, 0.1) is 5.92 Å². The molecule has 0 amide bonds. The minimum Gasteiger partial charge on any atom is -0.373 e. The smallest absolute Gasteiger partial charge is 0.191 e. The lowest BCUT2D eigenvalue weighted by molar-refractivity contribution is 0.0992. The molecule has 0 aliphatic carbocycles. The van der Waals surface area contributed by atoms with E-state index in [1.807, 2.05) is 0 Å². The highest BCUT2D eigenvalue weighted by Gasteiger charge is 2.41. The van der Waals surface area contributed by atoms with Gasteiger partial charge in [-0.25, -0.2) is 0 Å². The fourth-order valence-electron chi connectivity index (χ4n) is 4.94. The van der Waals surface area contributed by atoms with Gasteiger partial charge in [0.15, 0.2) is 5.96 Å². The van der Waals surface area contributed by atoms with E-state index < -0.39 is 0 Å². The van der Waals surface area contributed by atoms with Crippen LogP contribution in [-0.4, -0.2) is 61.3 Å². The van der Waals surface area contributed by atoms with Gasteiger partial charge in [0, 0.05) is 12.6 Å². The Kier molecular flexibility index (Phi) is 9.44. The molecule has 0 saturated carbocycles. The van der Waals surface area contributed by atoms with Crippen molar-refractivity contribution < 1.29 is 4.74 Å². The van der Waals surface area contributed by atoms with Crippen LogP contribution in [0.4, 0.5) is 0 Å². The quantitative estimate of drug-likeness (QED) is 0.319. The van der Waals surface area contributed by atoms with Gasteiger partial charge in [-0.3, -0.25) is 9.89 Å². The van der Waals surface area contributed by atoms with Gasteiger partial charge in [0.05, 0.1) is 24.8 Å². The standard InChI is InChI=1S/C20H38N4O.HI/c1-4-15(5-2)18(24-11-7-8-12-24)14-22-20(21-6-3)23-17-13-16-9-10-19(17)25-16;/h15-19H,4-14H2,1-3H3,(H2,21,22,23);1H. The molecule has 2 bridgehead atoms. The maximum absolute atomic E-state index is 5.99. The summed E-state index contributed by atoms with van der Waals surface area (Å²) in [6.45, 7) is 11.1. The van der Waals surface area contributed by atoms with Crippen molar-refractivity contribution in [1.82, 2.24) is 15.5 Å². The van der Waals surface area contributed by atoms with Crippen molar-refractivity contribution in [3.05, 3.63) is 0 Å². The molecule has 6 heteroatoms. The van der Waals surface area contributed by atoms with Crippen LogP contribution < -0.4 is 10.6 Å². The zero-order valence-electron chi connectivity index (χ0n) is 16.9. The van der Waals surface area contributed by atoms with E-state index in [2.05, 4.69) is 36.3 Å². The number of rotatable bonds is 8. The Bertz CT molecular complexity index is 436. The van der Waals surface area contributed by atoms with E-state index in [-0.39, 0.29) is 24.0 Å². The predicted molar refractivity (Wildman–Crippen MR) is 119 cm³/mol. The summed E-state index contributed by atoms with van der Waals surface area (Å²) >= 11 is 0. The Hall–Kier alpha value is -0.0800. The molecule has 0 spiro atoms. The van der Waals surface area contributed by atoms with E-state index in [0.29, 0.717) is 24.3 Å². The van der Waals surface area contributed by atoms with Gasteiger partial charge in [-0.2, -0.15) is 0 Å². The third kappa shape index (κ3) is 5.47. The number of guanidine groups is 1. The van der Waals surface area contributed by atoms with E-state index in [9.17, 15) is 0 Å². The highest BCUT2D eigenvalue weighted by atomic mass is 127. The summed E-state index contributed by atoms with van der Waals surface area (Å²) in [6, 6.07) is 1.03. The van der Waals surface area contributed by atoms with Gasteiger partial charge in [0.2, 0.25) is 0 Å². The van der Waals surface area contributed by atoms with Gasteiger partial charge in [-0.1, -0.05) is 26.7 Å². The van der Waals surface area contributed by atoms with Crippen molar-refractivity contribution in [2.75, 3.05) is 26.2 Å². The lowest BCUT2D eigenvalue weighted by atomic mass is 9.93. The van der Waals surface area contributed by atoms with E-state index in [4.69, 9.17) is 9.73 Å². The molecule has 0 aromatic carbocycles. The molecule has 3 aliphatic rings. The van der Waals surface area contributed by atoms with Crippen molar-refractivity contribution in [2.45, 2.75) is 90.0 Å². The van der Waals surface area contributed by atoms with Crippen molar-refractivity contribution in [3.8, 4) is 0 Å². The number of hydrogen-bond acceptors (Lipinski definition) is 3. The molecule has 3 aliphatic heterocycles. The average molecular weight is 478 g/mol. The molecule has 0 aromatic rings. The molecule has 4 unspecified atom stereocenters. The number of halogens is 1. The summed E-state index contributed by atoms with van der Waals surface area (Å²) in [5.41, 5.74) is 0. The Labute approximate surface area is 177 Å². The Morgan fingerprint density at radius 1 is 1.15 bits per heavy atom. The summed E-state index contributed by atoms with van der Waals surface area (Å²) in [6.07, 6.45) is 9.64. The number of aliphatic imine (C=N–C) groups is 1. The van der Waals surface area contributed by atoms with Crippen LogP contribution in [0.15, 0.2) is 4.99 Å². The molecule has 152 valence electrons. The van der Waals surface area contributed by atoms with Gasteiger partial charge >= 0.3 is 0 Å². The molecule has 4 atom stereocenters. The lowest BCUT2D eigenvalue weighted by Crippen LogP contribution is -2.48. The number of ether oxygens (including phenoxy) is 1. The zero-order chi connectivity index (χ0) is 17.6. The second-order valence-electron chi connectivity index (χ2n) is 7.97. The summed E-state index contributed by atoms with van der Waals surface area (Å²) in [7, 11) is 0. The van der Waals surface area contributed by atoms with Crippen molar-refractivity contribution >= 4 is 29.9 Å². The van der Waals surface area contributed by atoms with Crippen molar-refractivity contribution in [2.24, 2.45) is 10.9 Å². The topological polar surface area (TPSA) is 48.9 Å². The summed E-state index contributed by atoms with van der Waals surface area (Å²) in [4.78, 5) is 7.71. The van der Waals surface area contributed by atoms with E-state index >= 15 is 0 Å². The van der Waals surface area contributed by atoms with Crippen LogP contribution in [0.2, 0.25) is 0 Å². The van der Waals surface area contributed by atoms with Gasteiger partial charge in [-0.15, -0.1) is 24.0 Å². The summed E-state index contributed by atoms with van der Waals surface area (Å²) in [5.74, 6) is 1.73. The molecule has 3 fully saturated rings. The van der Waals surface area contributed by atoms with Crippen molar-refractivity contribution in [3.63, 3.8) is 0 Å². The lowest BCUT2D eigenvalue weighted by Gasteiger charge is -2.33. The normalized spacial score (nSPS) is 29.8. The minimum absolute atomic E-state index is 0. The van der Waals surface area contributed by atoms with Crippen molar-refractivity contribution in [1.29, 1.82) is 0 Å². The van der Waals surface area contributed by atoms with Crippen LogP contribution in [0.25, 0.3) is 0 Å². The molecule has 2 N–H and O–H groups in total. The highest BCUT2D eigenvalue weighted by molar-refractivity contribution is 14.0. The first-order chi connectivity index (χ1) is 12.2. The van der Waals surface area contributed by atoms with Gasteiger partial charge < -0.3 is 15.4 Å². The molecule has 0 radical (unpaired) electrons. The van der Waals surface area contributed by atoms with E-state index in [1.54, 1.807) is 0 Å². The van der Waals surface area contributed by atoms with Crippen LogP contribution in [0.3, 0.4) is 0 Å². The molecule has 26 heavy (non-hydrogen) atoms. The predicted octanol–water partition coefficient (Wildman–Crippen LogP) is 3.38. The number of likely N-dealkylation sites (tertiary alicyclic amines) is 1. The maximum atomic E-state index is 5.99. The minimum atomic E-state index is 0. The largest absolute Gasteiger partial charge is 0.373 e. The number of hydrogen-bond donors (Lipinski definition) is 2. The van der Waals surface area contributed by atoms with E-state index in [0.717, 1.165) is 31.4 Å². The van der Waals surface area contributed by atoms with Gasteiger partial charge in [0.1, 0.15) is 0 Å². The molecule has 3 saturated heterocycles. The number of nitrogens with one attached hydrogen (secondary N) is 2. The number of nitrogens with zero attached hydrogens (tertiary/aromatic N) is 2. The fourth-order valence-corrected chi connectivity index (χ4v) is 4.94. The summed E-state index contributed by atoms with van der Waals surface area (Å²) in [5, 5.41) is 7.12. The first kappa shape index (κ1) is 22.2. The fraction of sp³-hybridized carbons (Fsp3) is 0.950. The molecule has 3 heterocycles. The SMILES string of the molecule is CCNC(=NCC(C(CC)CC)N1CCCC1)NC1CC2CCC1O2.I. The molecule has 3 rings (SSSR count). The molecular weight excluding hydrogens is 439 g/mol. The molecule has 5 nitrogen and oxygen atoms in total. The van der Waals surface area contributed by atoms with Crippen LogP contribution >= 0.6 is 24.0 Å². The monoisotopic (exact) mass is 478 g/mol. The average Bonchev–Trinajstić information content (AvgIpc) is 3.36. The second kappa shape index (κ2) is 11.1. The highest BCUT2D eigenvalue weighted by Crippen LogP contribution is 2.34. The van der Waals surface area contributed by atoms with Crippen LogP contribution in [-0.2, 0) is 4.74 Å². The zero-order valence-corrected chi connectivity index (χ0v) is 19.2. The number of fused-ring (bicyclic) bond motifs is 2. The van der Waals surface area contributed by atoms with Crippen LogP contribution in [0.1, 0.15) is 65.7 Å². The molecule has 0 aromatic heterocycles. The third-order valence-electron chi connectivity index (χ3n) is 6.41. The van der Waals surface area contributed by atoms with E-state index in [1.165, 1.54) is 51.6 Å². The van der Waals surface area contributed by atoms with Gasteiger partial charge in [0.25, 0.3) is 0 Å². The Morgan fingerprint density at radius 2 is 1.88 bits per heavy atom. The van der Waals surface area contributed by atoms with Gasteiger partial charge in [-0.05, 0) is 58.0 Å². The Morgan fingerprint density at radius 3 is 2.42 bits per heavy atom. The Balaban J connectivity index is 0.00000243. The molecular formula is C20H39IN4O. The first-order valence-electron chi connectivity index (χ1n) is 10.7. The summed E-state index contributed by atoms with van der Waals surface area (Å²) < 4.78 is 5.99. The second-order valence-corrected chi connectivity index (χ2v) is 7.97.